The summed E-state index contributed by atoms with van der Waals surface area (Å²) in [4.78, 5) is 35.8. The first-order valence-electron chi connectivity index (χ1n) is 6.99. The summed E-state index contributed by atoms with van der Waals surface area (Å²) in [6.45, 7) is 3.48. The van der Waals surface area contributed by atoms with Crippen LogP contribution in [0.2, 0.25) is 0 Å². The van der Waals surface area contributed by atoms with Crippen molar-refractivity contribution in [3.8, 4) is 0 Å². The second-order valence-corrected chi connectivity index (χ2v) is 5.03. The summed E-state index contributed by atoms with van der Waals surface area (Å²) in [5.41, 5.74) is 5.70. The molecule has 1 aliphatic heterocycles. The van der Waals surface area contributed by atoms with E-state index >= 15 is 0 Å². The number of aliphatic carboxylic acids is 1. The molecule has 0 radical (unpaired) electrons. The minimum absolute atomic E-state index is 0.0368. The molecule has 1 saturated heterocycles. The van der Waals surface area contributed by atoms with Gasteiger partial charge in [0.05, 0.1) is 6.04 Å². The molecule has 1 unspecified atom stereocenters. The zero-order valence-electron chi connectivity index (χ0n) is 11.8. The fourth-order valence-corrected chi connectivity index (χ4v) is 2.32. The number of carboxylic acids is 1. The maximum absolute atomic E-state index is 12.0. The average Bonchev–Trinajstić information content (AvgIpc) is 2.44. The van der Waals surface area contributed by atoms with E-state index < -0.39 is 12.0 Å². The number of carboxylic acid groups (broad SMARTS) is 1. The third-order valence-corrected chi connectivity index (χ3v) is 3.51. The van der Waals surface area contributed by atoms with E-state index in [0.29, 0.717) is 32.5 Å². The molecule has 20 heavy (non-hydrogen) atoms. The van der Waals surface area contributed by atoms with Gasteiger partial charge in [0.15, 0.2) is 0 Å². The van der Waals surface area contributed by atoms with Crippen molar-refractivity contribution in [2.75, 3.05) is 19.6 Å². The fourth-order valence-electron chi connectivity index (χ4n) is 2.32. The molecule has 2 amide bonds. The summed E-state index contributed by atoms with van der Waals surface area (Å²) < 4.78 is 0. The lowest BCUT2D eigenvalue weighted by molar-refractivity contribution is -0.139. The van der Waals surface area contributed by atoms with Crippen molar-refractivity contribution in [1.82, 2.24) is 10.2 Å². The smallest absolute Gasteiger partial charge is 0.303 e. The quantitative estimate of drug-likeness (QED) is 0.612. The Kier molecular flexibility index (Phi) is 6.44. The van der Waals surface area contributed by atoms with Crippen LogP contribution in [0.1, 0.15) is 32.6 Å². The van der Waals surface area contributed by atoms with Gasteiger partial charge in [-0.05, 0) is 26.2 Å². The number of likely N-dealkylation sites (tertiary alicyclic amines) is 1. The van der Waals surface area contributed by atoms with Crippen molar-refractivity contribution in [1.29, 1.82) is 0 Å². The first-order valence-corrected chi connectivity index (χ1v) is 6.99. The number of hydrogen-bond acceptors (Lipinski definition) is 4. The molecule has 0 aliphatic carbocycles. The maximum atomic E-state index is 12.0. The van der Waals surface area contributed by atoms with Crippen LogP contribution in [0.15, 0.2) is 0 Å². The van der Waals surface area contributed by atoms with E-state index in [1.165, 1.54) is 0 Å². The van der Waals surface area contributed by atoms with Crippen LogP contribution in [0, 0.1) is 5.92 Å². The topological polar surface area (TPSA) is 113 Å². The van der Waals surface area contributed by atoms with Crippen LogP contribution in [0.5, 0.6) is 0 Å². The van der Waals surface area contributed by atoms with Gasteiger partial charge in [0.2, 0.25) is 11.8 Å². The first-order chi connectivity index (χ1) is 9.45. The summed E-state index contributed by atoms with van der Waals surface area (Å²) in [5.74, 6) is -1.19. The number of rotatable bonds is 6. The zero-order valence-corrected chi connectivity index (χ0v) is 11.8. The van der Waals surface area contributed by atoms with Crippen LogP contribution in [-0.4, -0.2) is 53.5 Å². The summed E-state index contributed by atoms with van der Waals surface area (Å²) in [7, 11) is 0. The minimum Gasteiger partial charge on any atom is -0.481 e. The Morgan fingerprint density at radius 1 is 1.35 bits per heavy atom. The summed E-state index contributed by atoms with van der Waals surface area (Å²) >= 11 is 0. The van der Waals surface area contributed by atoms with Gasteiger partial charge in [-0.1, -0.05) is 0 Å². The molecule has 1 heterocycles. The van der Waals surface area contributed by atoms with Crippen molar-refractivity contribution >= 4 is 17.8 Å². The Morgan fingerprint density at radius 3 is 2.45 bits per heavy atom. The lowest BCUT2D eigenvalue weighted by Gasteiger charge is -2.32. The second-order valence-electron chi connectivity index (χ2n) is 5.03. The molecule has 0 spiro atoms. The molecule has 7 nitrogen and oxygen atoms in total. The lowest BCUT2D eigenvalue weighted by Crippen LogP contribution is -2.49. The van der Waals surface area contributed by atoms with E-state index in [4.69, 9.17) is 10.8 Å². The van der Waals surface area contributed by atoms with E-state index in [9.17, 15) is 14.4 Å². The highest BCUT2D eigenvalue weighted by Gasteiger charge is 2.29. The number of nitrogens with one attached hydrogen (secondary N) is 1. The fraction of sp³-hybridized carbons (Fsp3) is 0.769. The summed E-state index contributed by atoms with van der Waals surface area (Å²) in [6.07, 6.45) is 1.29. The third-order valence-electron chi connectivity index (χ3n) is 3.51. The Morgan fingerprint density at radius 2 is 1.95 bits per heavy atom. The van der Waals surface area contributed by atoms with E-state index in [1.54, 1.807) is 4.90 Å². The molecule has 0 aromatic rings. The molecule has 1 atom stereocenters. The van der Waals surface area contributed by atoms with Gasteiger partial charge in [-0.25, -0.2) is 0 Å². The van der Waals surface area contributed by atoms with Crippen LogP contribution in [0.3, 0.4) is 0 Å². The monoisotopic (exact) mass is 285 g/mol. The molecular formula is C13H23N3O4. The molecule has 0 bridgehead atoms. The molecule has 4 N–H and O–H groups in total. The number of piperidine rings is 1. The van der Waals surface area contributed by atoms with Crippen LogP contribution < -0.4 is 11.1 Å². The van der Waals surface area contributed by atoms with Crippen molar-refractivity contribution in [3.63, 3.8) is 0 Å². The van der Waals surface area contributed by atoms with Crippen molar-refractivity contribution < 1.29 is 19.5 Å². The van der Waals surface area contributed by atoms with Gasteiger partial charge >= 0.3 is 5.97 Å². The number of nitrogens with two attached hydrogens (primary N) is 1. The van der Waals surface area contributed by atoms with Crippen LogP contribution in [0.25, 0.3) is 0 Å². The van der Waals surface area contributed by atoms with Crippen LogP contribution in [0.4, 0.5) is 0 Å². The van der Waals surface area contributed by atoms with Crippen LogP contribution in [-0.2, 0) is 14.4 Å². The predicted molar refractivity (Wildman–Crippen MR) is 72.8 cm³/mol. The minimum atomic E-state index is -0.955. The summed E-state index contributed by atoms with van der Waals surface area (Å²) in [6, 6.07) is -0.771. The van der Waals surface area contributed by atoms with Gasteiger partial charge in [0.1, 0.15) is 0 Å². The van der Waals surface area contributed by atoms with Gasteiger partial charge in [-0.15, -0.1) is 0 Å². The van der Waals surface area contributed by atoms with E-state index in [2.05, 4.69) is 5.32 Å². The van der Waals surface area contributed by atoms with Gasteiger partial charge < -0.3 is 21.1 Å². The van der Waals surface area contributed by atoms with Gasteiger partial charge in [0, 0.05) is 32.0 Å². The maximum Gasteiger partial charge on any atom is 0.303 e. The third kappa shape index (κ3) is 4.80. The number of hydrogen-bond donors (Lipinski definition) is 3. The largest absolute Gasteiger partial charge is 0.481 e. The molecule has 7 heteroatoms. The zero-order chi connectivity index (χ0) is 15.1. The first kappa shape index (κ1) is 16.4. The SMILES string of the molecule is CCNC(=O)C1CCN(C(=O)C(N)CCC(=O)O)CC1. The highest BCUT2D eigenvalue weighted by molar-refractivity contribution is 5.83. The number of carbonyl (C=O) groups excluding carboxylic acids is 2. The number of carbonyl (C=O) groups is 3. The lowest BCUT2D eigenvalue weighted by atomic mass is 9.95. The molecular weight excluding hydrogens is 262 g/mol. The normalized spacial score (nSPS) is 17.6. The predicted octanol–water partition coefficient (Wildman–Crippen LogP) is -0.447. The molecule has 1 aliphatic rings. The van der Waals surface area contributed by atoms with E-state index in [-0.39, 0.29) is 30.6 Å². The molecule has 0 aromatic carbocycles. The average molecular weight is 285 g/mol. The second kappa shape index (κ2) is 7.84. The molecule has 114 valence electrons. The highest BCUT2D eigenvalue weighted by Crippen LogP contribution is 2.18. The molecule has 0 saturated carbocycles. The summed E-state index contributed by atoms with van der Waals surface area (Å²) in [5, 5.41) is 11.4. The Balaban J connectivity index is 2.38. The van der Waals surface area contributed by atoms with Crippen molar-refractivity contribution in [3.05, 3.63) is 0 Å². The van der Waals surface area contributed by atoms with Gasteiger partial charge in [0.25, 0.3) is 0 Å². The van der Waals surface area contributed by atoms with Crippen molar-refractivity contribution in [2.45, 2.75) is 38.6 Å². The van der Waals surface area contributed by atoms with Crippen molar-refractivity contribution in [2.24, 2.45) is 11.7 Å². The van der Waals surface area contributed by atoms with Gasteiger partial charge in [-0.3, -0.25) is 14.4 Å². The number of nitrogens with zero attached hydrogens (tertiary/aromatic N) is 1. The molecule has 0 aromatic heterocycles. The molecule has 1 fully saturated rings. The Hall–Kier alpha value is -1.63. The Bertz CT molecular complexity index is 365. The highest BCUT2D eigenvalue weighted by atomic mass is 16.4. The van der Waals surface area contributed by atoms with E-state index in [1.807, 2.05) is 6.92 Å². The standard InChI is InChI=1S/C13H23N3O4/c1-2-15-12(19)9-5-7-16(8-6-9)13(20)10(14)3-4-11(17)18/h9-10H,2-8,14H2,1H3,(H,15,19)(H,17,18). The van der Waals surface area contributed by atoms with Gasteiger partial charge in [-0.2, -0.15) is 0 Å². The Labute approximate surface area is 118 Å². The number of amides is 2. The van der Waals surface area contributed by atoms with E-state index in [0.717, 1.165) is 0 Å². The van der Waals surface area contributed by atoms with Crippen LogP contribution >= 0.6 is 0 Å². The molecule has 1 rings (SSSR count).